The highest BCUT2D eigenvalue weighted by molar-refractivity contribution is 7.00. The molecule has 0 aliphatic rings. The minimum atomic E-state index is -0.501. The maximum atomic E-state index is 12.3. The molecule has 0 unspecified atom stereocenters. The van der Waals surface area contributed by atoms with Crippen molar-refractivity contribution in [1.82, 2.24) is 8.75 Å². The summed E-state index contributed by atoms with van der Waals surface area (Å²) in [5.74, 6) is -0.921. The average Bonchev–Trinajstić information content (AvgIpc) is 3.01. The second-order valence-corrected chi connectivity index (χ2v) is 6.36. The molecule has 0 bridgehead atoms. The number of nitrogens with one attached hydrogen (secondary N) is 1. The van der Waals surface area contributed by atoms with Gasteiger partial charge in [0, 0.05) is 0 Å². The quantitative estimate of drug-likeness (QED) is 0.725. The lowest BCUT2D eigenvalue weighted by Gasteiger charge is -2.11. The van der Waals surface area contributed by atoms with E-state index < -0.39 is 11.9 Å². The zero-order valence-corrected chi connectivity index (χ0v) is 14.9. The summed E-state index contributed by atoms with van der Waals surface area (Å²) in [4.78, 5) is 24.4. The third-order valence-electron chi connectivity index (χ3n) is 3.78. The Kier molecular flexibility index (Phi) is 4.76. The zero-order chi connectivity index (χ0) is 18.0. The minimum Gasteiger partial charge on any atom is -0.452 e. The van der Waals surface area contributed by atoms with Gasteiger partial charge in [0.2, 0.25) is 0 Å². The number of aromatic nitrogens is 2. The number of ether oxygens (including phenoxy) is 1. The summed E-state index contributed by atoms with van der Waals surface area (Å²) in [6.45, 7) is 5.31. The Morgan fingerprint density at radius 2 is 1.84 bits per heavy atom. The van der Waals surface area contributed by atoms with Crippen LogP contribution < -0.4 is 5.32 Å². The van der Waals surface area contributed by atoms with Crippen molar-refractivity contribution in [2.24, 2.45) is 0 Å². The molecule has 0 saturated heterocycles. The number of hydrogen-bond donors (Lipinski definition) is 1. The van der Waals surface area contributed by atoms with Gasteiger partial charge in [0.05, 0.1) is 23.0 Å². The summed E-state index contributed by atoms with van der Waals surface area (Å²) in [6, 6.07) is 9.17. The fraction of sp³-hybridized carbons (Fsp3) is 0.222. The molecule has 0 atom stereocenters. The van der Waals surface area contributed by atoms with Crippen LogP contribution in [0.15, 0.2) is 30.3 Å². The third-order valence-corrected chi connectivity index (χ3v) is 4.32. The second-order valence-electron chi connectivity index (χ2n) is 5.84. The summed E-state index contributed by atoms with van der Waals surface area (Å²) in [7, 11) is 0. The van der Waals surface area contributed by atoms with E-state index in [0.717, 1.165) is 28.4 Å². The van der Waals surface area contributed by atoms with E-state index in [2.05, 4.69) is 14.1 Å². The molecular formula is C18H17N3O3S. The molecule has 7 heteroatoms. The van der Waals surface area contributed by atoms with Gasteiger partial charge in [-0.2, -0.15) is 8.75 Å². The lowest BCUT2D eigenvalue weighted by Crippen LogP contribution is -2.21. The van der Waals surface area contributed by atoms with Crippen molar-refractivity contribution in [3.63, 3.8) is 0 Å². The summed E-state index contributed by atoms with van der Waals surface area (Å²) >= 11 is 1.08. The van der Waals surface area contributed by atoms with E-state index in [1.165, 1.54) is 0 Å². The maximum Gasteiger partial charge on any atom is 0.339 e. The molecule has 0 spiro atoms. The number of benzene rings is 2. The van der Waals surface area contributed by atoms with Crippen molar-refractivity contribution < 1.29 is 14.3 Å². The van der Waals surface area contributed by atoms with Crippen LogP contribution in [0.25, 0.3) is 11.0 Å². The first-order chi connectivity index (χ1) is 12.0. The van der Waals surface area contributed by atoms with E-state index in [9.17, 15) is 9.59 Å². The van der Waals surface area contributed by atoms with E-state index >= 15 is 0 Å². The summed E-state index contributed by atoms with van der Waals surface area (Å²) in [5.41, 5.74) is 5.14. The average molecular weight is 355 g/mol. The molecule has 0 radical (unpaired) electrons. The molecule has 3 rings (SSSR count). The van der Waals surface area contributed by atoms with Crippen molar-refractivity contribution in [1.29, 1.82) is 0 Å². The van der Waals surface area contributed by atoms with E-state index in [1.807, 2.05) is 39.0 Å². The van der Waals surface area contributed by atoms with Crippen molar-refractivity contribution in [3.05, 3.63) is 52.6 Å². The number of carbonyl (C=O) groups is 2. The van der Waals surface area contributed by atoms with Crippen LogP contribution in [-0.2, 0) is 9.53 Å². The number of anilines is 1. The molecular weight excluding hydrogens is 338 g/mol. The topological polar surface area (TPSA) is 81.2 Å². The van der Waals surface area contributed by atoms with Gasteiger partial charge in [-0.1, -0.05) is 23.8 Å². The van der Waals surface area contributed by atoms with Gasteiger partial charge in [-0.05, 0) is 44.0 Å². The van der Waals surface area contributed by atoms with Crippen LogP contribution in [-0.4, -0.2) is 27.2 Å². The third kappa shape index (κ3) is 3.66. The molecule has 0 aliphatic carbocycles. The fourth-order valence-corrected chi connectivity index (χ4v) is 3.35. The smallest absolute Gasteiger partial charge is 0.339 e. The van der Waals surface area contributed by atoms with Crippen LogP contribution in [0, 0.1) is 20.8 Å². The molecule has 1 amide bonds. The van der Waals surface area contributed by atoms with Crippen LogP contribution in [0.5, 0.6) is 0 Å². The largest absolute Gasteiger partial charge is 0.452 e. The highest BCUT2D eigenvalue weighted by Gasteiger charge is 2.16. The maximum absolute atomic E-state index is 12.3. The molecule has 0 fully saturated rings. The zero-order valence-electron chi connectivity index (χ0n) is 14.1. The molecule has 25 heavy (non-hydrogen) atoms. The Morgan fingerprint density at radius 1 is 1.12 bits per heavy atom. The van der Waals surface area contributed by atoms with E-state index in [4.69, 9.17) is 4.74 Å². The van der Waals surface area contributed by atoms with Gasteiger partial charge in [0.1, 0.15) is 11.0 Å². The number of fused-ring (bicyclic) bond motifs is 1. The normalized spacial score (nSPS) is 10.7. The van der Waals surface area contributed by atoms with Gasteiger partial charge in [0.25, 0.3) is 5.91 Å². The van der Waals surface area contributed by atoms with Crippen molar-refractivity contribution in [2.45, 2.75) is 20.8 Å². The predicted octanol–water partition coefficient (Wildman–Crippen LogP) is 3.41. The number of amides is 1. The van der Waals surface area contributed by atoms with Gasteiger partial charge in [-0.3, -0.25) is 4.79 Å². The van der Waals surface area contributed by atoms with Crippen molar-refractivity contribution in [2.75, 3.05) is 11.9 Å². The predicted molar refractivity (Wildman–Crippen MR) is 97.0 cm³/mol. The first-order valence-electron chi connectivity index (χ1n) is 7.72. The molecule has 1 heterocycles. The van der Waals surface area contributed by atoms with Crippen molar-refractivity contribution >= 4 is 40.3 Å². The Labute approximate surface area is 149 Å². The number of aryl methyl sites for hydroxylation is 3. The number of carbonyl (C=O) groups excluding carboxylic acids is 2. The van der Waals surface area contributed by atoms with E-state index in [1.54, 1.807) is 12.1 Å². The second kappa shape index (κ2) is 6.98. The Morgan fingerprint density at radius 3 is 2.56 bits per heavy atom. The van der Waals surface area contributed by atoms with Gasteiger partial charge in [-0.15, -0.1) is 0 Å². The molecule has 1 aromatic heterocycles. The molecule has 0 saturated carbocycles. The fourth-order valence-electron chi connectivity index (χ4n) is 2.80. The summed E-state index contributed by atoms with van der Waals surface area (Å²) in [5, 5.41) is 2.70. The first-order valence-corrected chi connectivity index (χ1v) is 8.45. The lowest BCUT2D eigenvalue weighted by atomic mass is 10.00. The molecule has 6 nitrogen and oxygen atoms in total. The number of hydrogen-bond acceptors (Lipinski definition) is 6. The van der Waals surface area contributed by atoms with Gasteiger partial charge in [0.15, 0.2) is 6.61 Å². The number of rotatable bonds is 4. The van der Waals surface area contributed by atoms with Crippen LogP contribution in [0.1, 0.15) is 27.0 Å². The Bertz CT molecular complexity index is 942. The minimum absolute atomic E-state index is 0.362. The highest BCUT2D eigenvalue weighted by atomic mass is 32.1. The standard InChI is InChI=1S/C18H17N3O3S/c1-10-7-11(2)16(12(3)8-10)18(23)24-9-15(22)19-13-5-4-6-14-17(13)21-25-20-14/h4-8H,9H2,1-3H3,(H,19,22). The summed E-state index contributed by atoms with van der Waals surface area (Å²) < 4.78 is 13.4. The molecule has 128 valence electrons. The Hall–Kier alpha value is -2.80. The van der Waals surface area contributed by atoms with Gasteiger partial charge >= 0.3 is 5.97 Å². The first kappa shape index (κ1) is 17.0. The number of esters is 1. The van der Waals surface area contributed by atoms with Crippen LogP contribution >= 0.6 is 11.7 Å². The molecule has 0 aliphatic heterocycles. The van der Waals surface area contributed by atoms with Crippen LogP contribution in [0.3, 0.4) is 0 Å². The molecule has 1 N–H and O–H groups in total. The number of nitrogens with zero attached hydrogens (tertiary/aromatic N) is 2. The van der Waals surface area contributed by atoms with E-state index in [-0.39, 0.29) is 6.61 Å². The van der Waals surface area contributed by atoms with Crippen LogP contribution in [0.2, 0.25) is 0 Å². The Balaban J connectivity index is 1.67. The molecule has 3 aromatic rings. The SMILES string of the molecule is Cc1cc(C)c(C(=O)OCC(=O)Nc2cccc3nsnc23)c(C)c1. The lowest BCUT2D eigenvalue weighted by molar-refractivity contribution is -0.119. The highest BCUT2D eigenvalue weighted by Crippen LogP contribution is 2.21. The monoisotopic (exact) mass is 355 g/mol. The van der Waals surface area contributed by atoms with Crippen LogP contribution in [0.4, 0.5) is 5.69 Å². The van der Waals surface area contributed by atoms with Gasteiger partial charge in [-0.25, -0.2) is 4.79 Å². The summed E-state index contributed by atoms with van der Waals surface area (Å²) in [6.07, 6.45) is 0. The van der Waals surface area contributed by atoms with Gasteiger partial charge < -0.3 is 10.1 Å². The molecule has 2 aromatic carbocycles. The van der Waals surface area contributed by atoms with E-state index in [0.29, 0.717) is 22.3 Å². The van der Waals surface area contributed by atoms with Crippen molar-refractivity contribution in [3.8, 4) is 0 Å².